The van der Waals surface area contributed by atoms with Crippen molar-refractivity contribution < 1.29 is 9.72 Å². The number of fused-ring (bicyclic) bond motifs is 1. The molecule has 1 aromatic heterocycles. The molecule has 0 N–H and O–H groups in total. The van der Waals surface area contributed by atoms with E-state index in [9.17, 15) is 14.9 Å². The van der Waals surface area contributed by atoms with Crippen LogP contribution < -0.4 is 4.80 Å². The number of amides is 1. The van der Waals surface area contributed by atoms with Crippen molar-refractivity contribution in [1.82, 2.24) is 4.57 Å². The van der Waals surface area contributed by atoms with Crippen LogP contribution in [-0.4, -0.2) is 15.4 Å². The first-order valence-corrected chi connectivity index (χ1v) is 9.23. The minimum atomic E-state index is -0.431. The number of aromatic nitrogens is 1. The average Bonchev–Trinajstić information content (AvgIpc) is 2.94. The summed E-state index contributed by atoms with van der Waals surface area (Å²) in [4.78, 5) is 27.9. The number of aryl methyl sites for hydroxylation is 2. The number of nitrogens with zero attached hydrogens (tertiary/aromatic N) is 3. The van der Waals surface area contributed by atoms with Gasteiger partial charge in [-0.3, -0.25) is 14.9 Å². The molecule has 3 aromatic rings. The van der Waals surface area contributed by atoms with Crippen molar-refractivity contribution in [3.05, 3.63) is 80.7 Å². The molecule has 0 saturated carbocycles. The summed E-state index contributed by atoms with van der Waals surface area (Å²) < 4.78 is 2.56. The highest BCUT2D eigenvalue weighted by molar-refractivity contribution is 7.16. The van der Waals surface area contributed by atoms with Gasteiger partial charge in [0.1, 0.15) is 0 Å². The van der Waals surface area contributed by atoms with E-state index < -0.39 is 4.92 Å². The van der Waals surface area contributed by atoms with Gasteiger partial charge in [0.25, 0.3) is 11.6 Å². The molecule has 7 heteroatoms. The number of hydrogen-bond acceptors (Lipinski definition) is 4. The number of carbonyl (C=O) groups is 1. The summed E-state index contributed by atoms with van der Waals surface area (Å²) in [5.74, 6) is -0.249. The highest BCUT2D eigenvalue weighted by atomic mass is 32.1. The second kappa shape index (κ2) is 7.67. The van der Waals surface area contributed by atoms with Crippen molar-refractivity contribution >= 4 is 33.1 Å². The summed E-state index contributed by atoms with van der Waals surface area (Å²) in [5.41, 5.74) is 3.97. The molecule has 0 fully saturated rings. The van der Waals surface area contributed by atoms with Crippen molar-refractivity contribution in [1.29, 1.82) is 0 Å². The van der Waals surface area contributed by atoms with Crippen molar-refractivity contribution in [2.45, 2.75) is 26.8 Å². The lowest BCUT2D eigenvalue weighted by Gasteiger charge is -2.04. The second-order valence-corrected chi connectivity index (χ2v) is 7.31. The van der Waals surface area contributed by atoms with Crippen molar-refractivity contribution in [2.75, 3.05) is 0 Å². The maximum absolute atomic E-state index is 12.5. The Kier molecular flexibility index (Phi) is 5.32. The molecule has 27 heavy (non-hydrogen) atoms. The first-order chi connectivity index (χ1) is 12.9. The summed E-state index contributed by atoms with van der Waals surface area (Å²) in [7, 11) is 0. The van der Waals surface area contributed by atoms with Gasteiger partial charge >= 0.3 is 0 Å². The molecule has 6 nitrogen and oxygen atoms in total. The van der Waals surface area contributed by atoms with Gasteiger partial charge in [-0.1, -0.05) is 41.2 Å². The number of hydrogen-bond donors (Lipinski definition) is 0. The number of benzene rings is 2. The molecule has 2 aromatic carbocycles. The van der Waals surface area contributed by atoms with Crippen molar-refractivity contribution in [2.24, 2.45) is 4.99 Å². The van der Waals surface area contributed by atoms with Gasteiger partial charge in [-0.15, -0.1) is 6.58 Å². The highest BCUT2D eigenvalue weighted by Crippen LogP contribution is 2.23. The van der Waals surface area contributed by atoms with Gasteiger partial charge in [0.15, 0.2) is 4.80 Å². The van der Waals surface area contributed by atoms with Crippen molar-refractivity contribution in [3.63, 3.8) is 0 Å². The Labute approximate surface area is 160 Å². The van der Waals surface area contributed by atoms with E-state index >= 15 is 0 Å². The molecule has 1 heterocycles. The molecule has 1 amide bonds. The van der Waals surface area contributed by atoms with E-state index in [-0.39, 0.29) is 18.0 Å². The van der Waals surface area contributed by atoms with Crippen LogP contribution in [0.25, 0.3) is 10.2 Å². The molecule has 0 spiro atoms. The topological polar surface area (TPSA) is 77.5 Å². The van der Waals surface area contributed by atoms with E-state index in [0.717, 1.165) is 22.2 Å². The van der Waals surface area contributed by atoms with Crippen LogP contribution in [0.3, 0.4) is 0 Å². The maximum atomic E-state index is 12.5. The van der Waals surface area contributed by atoms with Crippen LogP contribution >= 0.6 is 11.3 Å². The maximum Gasteiger partial charge on any atom is 0.270 e. The number of rotatable bonds is 5. The smallest absolute Gasteiger partial charge is 0.270 e. The summed E-state index contributed by atoms with van der Waals surface area (Å²) in [6.45, 7) is 8.20. The van der Waals surface area contributed by atoms with Crippen LogP contribution in [0.15, 0.2) is 54.0 Å². The van der Waals surface area contributed by atoms with Crippen LogP contribution in [-0.2, 0) is 17.8 Å². The Morgan fingerprint density at radius 2 is 2.07 bits per heavy atom. The van der Waals surface area contributed by atoms with E-state index in [0.29, 0.717) is 16.0 Å². The summed E-state index contributed by atoms with van der Waals surface area (Å²) in [5, 5.41) is 11.0. The SMILES string of the molecule is C=CCn1c(=NC(=O)Cc2ccc(C)cc2C)sc2cc([N+](=O)[O-])ccc21. The molecule has 0 radical (unpaired) electrons. The lowest BCUT2D eigenvalue weighted by Crippen LogP contribution is -2.17. The molecule has 138 valence electrons. The molecule has 0 aliphatic heterocycles. The minimum absolute atomic E-state index is 0.0164. The highest BCUT2D eigenvalue weighted by Gasteiger charge is 2.12. The number of non-ortho nitro benzene ring substituents is 1. The third kappa shape index (κ3) is 4.03. The van der Waals surface area contributed by atoms with E-state index in [1.54, 1.807) is 12.1 Å². The zero-order chi connectivity index (χ0) is 19.6. The first kappa shape index (κ1) is 18.7. The van der Waals surface area contributed by atoms with Crippen LogP contribution in [0.5, 0.6) is 0 Å². The molecule has 0 bridgehead atoms. The third-order valence-electron chi connectivity index (χ3n) is 4.25. The fraction of sp³-hybridized carbons (Fsp3) is 0.200. The second-order valence-electron chi connectivity index (χ2n) is 6.31. The normalized spacial score (nSPS) is 11.7. The summed E-state index contributed by atoms with van der Waals surface area (Å²) >= 11 is 1.26. The largest absolute Gasteiger partial charge is 0.312 e. The minimum Gasteiger partial charge on any atom is -0.312 e. The van der Waals surface area contributed by atoms with Gasteiger partial charge in [0.05, 0.1) is 21.6 Å². The molecule has 3 rings (SSSR count). The summed E-state index contributed by atoms with van der Waals surface area (Å²) in [6.07, 6.45) is 1.93. The number of carbonyl (C=O) groups excluding carboxylic acids is 1. The molecular formula is C20H19N3O3S. The zero-order valence-electron chi connectivity index (χ0n) is 15.1. The predicted octanol–water partition coefficient (Wildman–Crippen LogP) is 4.08. The Morgan fingerprint density at radius 1 is 1.30 bits per heavy atom. The fourth-order valence-electron chi connectivity index (χ4n) is 2.92. The fourth-order valence-corrected chi connectivity index (χ4v) is 4.01. The molecule has 0 aliphatic carbocycles. The van der Waals surface area contributed by atoms with E-state index in [1.165, 1.54) is 23.5 Å². The van der Waals surface area contributed by atoms with Crippen LogP contribution in [0.4, 0.5) is 5.69 Å². The number of allylic oxidation sites excluding steroid dienone is 1. The lowest BCUT2D eigenvalue weighted by molar-refractivity contribution is -0.384. The van der Waals surface area contributed by atoms with Gasteiger partial charge in [0.2, 0.25) is 0 Å². The molecule has 0 unspecified atom stereocenters. The van der Waals surface area contributed by atoms with Gasteiger partial charge in [0, 0.05) is 18.7 Å². The molecule has 0 saturated heterocycles. The Bertz CT molecular complexity index is 1130. The van der Waals surface area contributed by atoms with Gasteiger partial charge in [-0.25, -0.2) is 0 Å². The zero-order valence-corrected chi connectivity index (χ0v) is 16.0. The van der Waals surface area contributed by atoms with Crippen LogP contribution in [0, 0.1) is 24.0 Å². The monoisotopic (exact) mass is 381 g/mol. The van der Waals surface area contributed by atoms with E-state index in [4.69, 9.17) is 0 Å². The molecular weight excluding hydrogens is 362 g/mol. The number of nitro groups is 1. The van der Waals surface area contributed by atoms with E-state index in [2.05, 4.69) is 11.6 Å². The Morgan fingerprint density at radius 3 is 2.74 bits per heavy atom. The number of nitro benzene ring substituents is 1. The van der Waals surface area contributed by atoms with Gasteiger partial charge in [-0.2, -0.15) is 4.99 Å². The first-order valence-electron chi connectivity index (χ1n) is 8.41. The number of thiazole rings is 1. The van der Waals surface area contributed by atoms with E-state index in [1.807, 2.05) is 36.6 Å². The summed E-state index contributed by atoms with van der Waals surface area (Å²) in [6, 6.07) is 10.6. The van der Waals surface area contributed by atoms with Crippen LogP contribution in [0.1, 0.15) is 16.7 Å². The molecule has 0 aliphatic rings. The quantitative estimate of drug-likeness (QED) is 0.379. The average molecular weight is 381 g/mol. The predicted molar refractivity (Wildman–Crippen MR) is 107 cm³/mol. The Hall–Kier alpha value is -3.06. The van der Waals surface area contributed by atoms with Crippen LogP contribution in [0.2, 0.25) is 0 Å². The Balaban J connectivity index is 2.02. The standard InChI is InChI=1S/C20H19N3O3S/c1-4-9-22-17-8-7-16(23(25)26)12-18(17)27-20(22)21-19(24)11-15-6-5-13(2)10-14(15)3/h4-8,10,12H,1,9,11H2,2-3H3. The van der Waals surface area contributed by atoms with Crippen molar-refractivity contribution in [3.8, 4) is 0 Å². The molecule has 0 atom stereocenters. The lowest BCUT2D eigenvalue weighted by atomic mass is 10.0. The van der Waals surface area contributed by atoms with Gasteiger partial charge < -0.3 is 4.57 Å². The third-order valence-corrected chi connectivity index (χ3v) is 5.29. The van der Waals surface area contributed by atoms with Gasteiger partial charge in [-0.05, 0) is 31.0 Å².